The number of nitrogens with zero attached hydrogens (tertiary/aromatic N) is 2. The third kappa shape index (κ3) is 20.1. The second kappa shape index (κ2) is 36.1. The van der Waals surface area contributed by atoms with E-state index in [1.807, 2.05) is 34.0 Å². The van der Waals surface area contributed by atoms with Crippen LogP contribution in [0.4, 0.5) is 0 Å². The third-order valence-electron chi connectivity index (χ3n) is 18.7. The summed E-state index contributed by atoms with van der Waals surface area (Å²) in [5.41, 5.74) is 21.1. The molecule has 6 N–H and O–H groups in total. The lowest BCUT2D eigenvalue weighted by molar-refractivity contribution is -0.123. The van der Waals surface area contributed by atoms with E-state index in [9.17, 15) is 5.11 Å². The summed E-state index contributed by atoms with van der Waals surface area (Å²) in [6.07, 6.45) is 40.3. The van der Waals surface area contributed by atoms with Gasteiger partial charge < -0.3 is 31.4 Å². The van der Waals surface area contributed by atoms with Crippen molar-refractivity contribution in [3.8, 4) is 30.1 Å². The summed E-state index contributed by atoms with van der Waals surface area (Å²) in [6.45, 7) is 23.6. The minimum absolute atomic E-state index is 0.0779. The predicted molar refractivity (Wildman–Crippen MR) is 384 cm³/mol. The highest BCUT2D eigenvalue weighted by molar-refractivity contribution is 7.24. The van der Waals surface area contributed by atoms with Gasteiger partial charge in [-0.15, -0.1) is 45.3 Å². The first kappa shape index (κ1) is 71.2. The topological polar surface area (TPSA) is 112 Å². The smallest absolute Gasteiger partial charge is 0.261 e. The second-order valence-corrected chi connectivity index (χ2v) is 31.9. The van der Waals surface area contributed by atoms with E-state index in [1.54, 1.807) is 11.3 Å². The van der Waals surface area contributed by atoms with E-state index < -0.39 is 17.3 Å². The Balaban J connectivity index is 1.38. The maximum Gasteiger partial charge on any atom is 0.261 e. The minimum Gasteiger partial charge on any atom is -0.369 e. The number of hydrogen-bond donors (Lipinski definition) is 4. The van der Waals surface area contributed by atoms with E-state index in [4.69, 9.17) is 11.5 Å². The molecule has 2 aliphatic rings. The molecule has 0 spiro atoms. The SMILES string of the molecule is CCCCCCCCC(CCCCCC)CN1C(=O)C2=C(c3ccc(-c4cc(CCCCCC)c(-c5ccc(C(C)(C)N)[nH]5)s4)s3)N(CC(CCCCCC)CCCCCCCC)C(O)C2=C1c1ccc(-c2cc(CCCCCC)c(C(C)(C)N)s2)s1. The second-order valence-electron chi connectivity index (χ2n) is 27.6. The number of nitrogens with one attached hydrogen (secondary N) is 1. The monoisotopic (exact) mass is 1260 g/mol. The van der Waals surface area contributed by atoms with Gasteiger partial charge >= 0.3 is 0 Å². The fourth-order valence-electron chi connectivity index (χ4n) is 13.6. The number of aromatic amines is 1. The summed E-state index contributed by atoms with van der Waals surface area (Å²) in [7, 11) is 0. The van der Waals surface area contributed by atoms with Crippen LogP contribution in [0.5, 0.6) is 0 Å². The van der Waals surface area contributed by atoms with Crippen LogP contribution in [-0.2, 0) is 28.7 Å². The standard InChI is InChI=1S/C76H119N5O2S4/c1-11-17-23-29-31-35-41-55(39-33-25-19-13-3)53-80-69(62-48-46-60(84-62)64-51-57(43-37-27-21-15-5)71(86-64)59-45-50-66(79-59)75(7,8)77)67-68(74(80)83)70(81(73(67)82)54-56(40-34-26-20-14-4)42-36-32-30-24-18-12-2)63-49-47-61(85-63)65-52-58(44-38-28-22-16-6)72(87-65)76(9,10)78/h45-52,55-56,74,79,83H,11-44,53-54,77-78H2,1-10H3. The van der Waals surface area contributed by atoms with Crippen LogP contribution in [0.2, 0.25) is 0 Å². The average molecular weight is 1260 g/mol. The Morgan fingerprint density at radius 2 is 0.908 bits per heavy atom. The van der Waals surface area contributed by atoms with E-state index in [0.29, 0.717) is 18.4 Å². The number of carbonyl (C=O) groups excluding carboxylic acids is 1. The highest BCUT2D eigenvalue weighted by Gasteiger charge is 2.50. The summed E-state index contributed by atoms with van der Waals surface area (Å²) < 4.78 is 0. The Kier molecular flexibility index (Phi) is 29.5. The number of aromatic nitrogens is 1. The number of nitrogens with two attached hydrogens (primary N) is 2. The molecule has 0 saturated carbocycles. The molecule has 3 unspecified atom stereocenters. The number of fused-ring (bicyclic) bond motifs is 1. The van der Waals surface area contributed by atoms with Crippen molar-refractivity contribution < 1.29 is 9.90 Å². The summed E-state index contributed by atoms with van der Waals surface area (Å²) in [5, 5.41) is 13.6. The largest absolute Gasteiger partial charge is 0.369 e. The molecule has 0 saturated heterocycles. The van der Waals surface area contributed by atoms with Crippen LogP contribution in [0.1, 0.15) is 306 Å². The molecule has 0 fully saturated rings. The highest BCUT2D eigenvalue weighted by Crippen LogP contribution is 2.53. The molecule has 0 radical (unpaired) electrons. The normalized spacial score (nSPS) is 15.6. The minimum atomic E-state index is -0.947. The van der Waals surface area contributed by atoms with Crippen LogP contribution in [0.15, 0.2) is 59.7 Å². The van der Waals surface area contributed by atoms with Crippen molar-refractivity contribution >= 4 is 62.6 Å². The first-order valence-corrected chi connectivity index (χ1v) is 38.8. The zero-order valence-electron chi connectivity index (χ0n) is 56.3. The molecule has 5 aromatic heterocycles. The number of rotatable bonds is 45. The summed E-state index contributed by atoms with van der Waals surface area (Å²) in [6, 6.07) is 18.4. The third-order valence-corrected chi connectivity index (χ3v) is 24.0. The molecule has 0 aliphatic carbocycles. The number of aliphatic hydroxyl groups excluding tert-OH is 1. The van der Waals surface area contributed by atoms with Crippen molar-refractivity contribution in [2.45, 2.75) is 305 Å². The van der Waals surface area contributed by atoms with Gasteiger partial charge in [-0.3, -0.25) is 4.79 Å². The fourth-order valence-corrected chi connectivity index (χ4v) is 18.3. The van der Waals surface area contributed by atoms with E-state index in [0.717, 1.165) is 95.2 Å². The number of aliphatic hydroxyl groups is 1. The van der Waals surface area contributed by atoms with E-state index in [1.165, 1.54) is 214 Å². The van der Waals surface area contributed by atoms with Gasteiger partial charge in [-0.1, -0.05) is 208 Å². The van der Waals surface area contributed by atoms with Crippen molar-refractivity contribution in [3.63, 3.8) is 0 Å². The van der Waals surface area contributed by atoms with Crippen LogP contribution in [-0.4, -0.2) is 45.1 Å². The molecule has 5 aromatic rings. The number of aryl methyl sites for hydroxylation is 2. The zero-order chi connectivity index (χ0) is 62.3. The lowest BCUT2D eigenvalue weighted by Crippen LogP contribution is -2.36. The maximum atomic E-state index is 16.4. The van der Waals surface area contributed by atoms with Gasteiger partial charge in [-0.2, -0.15) is 0 Å². The Morgan fingerprint density at radius 1 is 0.483 bits per heavy atom. The lowest BCUT2D eigenvalue weighted by Gasteiger charge is -2.33. The van der Waals surface area contributed by atoms with Crippen molar-refractivity contribution in [2.75, 3.05) is 13.1 Å². The van der Waals surface area contributed by atoms with Gasteiger partial charge in [0.1, 0.15) is 0 Å². The number of unbranched alkanes of at least 4 members (excludes halogenated alkanes) is 22. The van der Waals surface area contributed by atoms with Crippen molar-refractivity contribution in [2.24, 2.45) is 23.3 Å². The van der Waals surface area contributed by atoms with E-state index >= 15 is 4.79 Å². The van der Waals surface area contributed by atoms with Crippen molar-refractivity contribution in [3.05, 3.63) is 91.1 Å². The molecular formula is C76H119N5O2S4. The molecule has 7 rings (SSSR count). The number of amides is 1. The zero-order valence-corrected chi connectivity index (χ0v) is 59.6. The van der Waals surface area contributed by atoms with Gasteiger partial charge in [-0.25, -0.2) is 0 Å². The van der Waals surface area contributed by atoms with Crippen LogP contribution < -0.4 is 11.5 Å². The van der Waals surface area contributed by atoms with Crippen LogP contribution >= 0.6 is 45.3 Å². The Bertz CT molecular complexity index is 2880. The van der Waals surface area contributed by atoms with Crippen LogP contribution in [0.3, 0.4) is 0 Å². The molecule has 11 heteroatoms. The van der Waals surface area contributed by atoms with Gasteiger partial charge in [0.25, 0.3) is 5.91 Å². The van der Waals surface area contributed by atoms with Gasteiger partial charge in [-0.05, 0) is 151 Å². The predicted octanol–water partition coefficient (Wildman–Crippen LogP) is 23.2. The Labute approximate surface area is 546 Å². The first-order chi connectivity index (χ1) is 42.1. The van der Waals surface area contributed by atoms with Gasteiger partial charge in [0.05, 0.1) is 42.8 Å². The summed E-state index contributed by atoms with van der Waals surface area (Å²) >= 11 is 7.35. The highest BCUT2D eigenvalue weighted by atomic mass is 32.1. The molecule has 0 aromatic carbocycles. The van der Waals surface area contributed by atoms with Crippen LogP contribution in [0.25, 0.3) is 41.5 Å². The van der Waals surface area contributed by atoms with Gasteiger partial charge in [0, 0.05) is 54.3 Å². The molecule has 7 heterocycles. The summed E-state index contributed by atoms with van der Waals surface area (Å²) in [4.78, 5) is 34.3. The van der Waals surface area contributed by atoms with Crippen molar-refractivity contribution in [1.82, 2.24) is 14.8 Å². The molecule has 87 heavy (non-hydrogen) atoms. The molecule has 0 bridgehead atoms. The van der Waals surface area contributed by atoms with E-state index in [2.05, 4.69) is 133 Å². The lowest BCUT2D eigenvalue weighted by atomic mass is 9.93. The molecule has 7 nitrogen and oxygen atoms in total. The van der Waals surface area contributed by atoms with Gasteiger partial charge in [0.15, 0.2) is 6.23 Å². The maximum absolute atomic E-state index is 16.4. The molecule has 484 valence electrons. The molecule has 1 amide bonds. The number of H-pyrrole nitrogens is 1. The van der Waals surface area contributed by atoms with Crippen molar-refractivity contribution in [1.29, 1.82) is 0 Å². The summed E-state index contributed by atoms with van der Waals surface area (Å²) in [5.74, 6) is 0.855. The first-order valence-electron chi connectivity index (χ1n) is 35.6. The van der Waals surface area contributed by atoms with Gasteiger partial charge in [0.2, 0.25) is 0 Å². The molecule has 2 aliphatic heterocycles. The Hall–Kier alpha value is -3.29. The number of carbonyl (C=O) groups is 1. The van der Waals surface area contributed by atoms with E-state index in [-0.39, 0.29) is 5.91 Å². The van der Waals surface area contributed by atoms with Crippen LogP contribution in [0, 0.1) is 11.8 Å². The quantitative estimate of drug-likeness (QED) is 0.0290. The average Bonchev–Trinajstić information content (AvgIpc) is 1.73. The molecule has 3 atom stereocenters. The number of hydrogen-bond acceptors (Lipinski definition) is 9. The number of thiophene rings is 4. The molecular weight excluding hydrogens is 1140 g/mol. The Morgan fingerprint density at radius 3 is 1.40 bits per heavy atom. The fraction of sp³-hybridized carbons (Fsp3) is 0.671.